The number of hydrogen-bond donors (Lipinski definition) is 2. The number of benzene rings is 1. The summed E-state index contributed by atoms with van der Waals surface area (Å²) < 4.78 is 18.8. The van der Waals surface area contributed by atoms with Crippen LogP contribution in [0.15, 0.2) is 30.3 Å². The van der Waals surface area contributed by atoms with Gasteiger partial charge in [-0.2, -0.15) is 5.10 Å². The summed E-state index contributed by atoms with van der Waals surface area (Å²) in [5, 5.41) is 9.76. The Morgan fingerprint density at radius 3 is 2.91 bits per heavy atom. The van der Waals surface area contributed by atoms with Crippen molar-refractivity contribution in [3.8, 4) is 0 Å². The van der Waals surface area contributed by atoms with Crippen LogP contribution in [-0.4, -0.2) is 29.3 Å². The number of carbonyl (C=O) groups is 1. The second-order valence-corrected chi connectivity index (χ2v) is 5.73. The van der Waals surface area contributed by atoms with Crippen LogP contribution in [0.2, 0.25) is 0 Å². The predicted molar refractivity (Wildman–Crippen MR) is 83.5 cm³/mol. The van der Waals surface area contributed by atoms with Crippen molar-refractivity contribution in [3.63, 3.8) is 0 Å². The summed E-state index contributed by atoms with van der Waals surface area (Å²) in [5.74, 6) is -0.276. The molecule has 1 saturated heterocycles. The molecule has 0 radical (unpaired) electrons. The van der Waals surface area contributed by atoms with E-state index in [0.29, 0.717) is 18.8 Å². The molecule has 1 aromatic carbocycles. The molecule has 1 aliphatic rings. The largest absolute Gasteiger partial charge is 0.373 e. The van der Waals surface area contributed by atoms with Crippen LogP contribution in [0.5, 0.6) is 0 Å². The van der Waals surface area contributed by atoms with Gasteiger partial charge in [0.1, 0.15) is 11.5 Å². The highest BCUT2D eigenvalue weighted by Crippen LogP contribution is 2.34. The highest BCUT2D eigenvalue weighted by molar-refractivity contribution is 5.92. The Bertz CT molecular complexity index is 669. The minimum Gasteiger partial charge on any atom is -0.373 e. The number of halogens is 1. The average Bonchev–Trinajstić information content (AvgIpc) is 3.22. The molecule has 0 bridgehead atoms. The van der Waals surface area contributed by atoms with E-state index in [1.165, 1.54) is 12.1 Å². The lowest BCUT2D eigenvalue weighted by atomic mass is 9.95. The SMILES string of the molecule is CCc1cc(C(=O)NC[C@@H]2CCO[C@H]2c2ccc(F)cc2)n[nH]1. The third-order valence-corrected chi connectivity index (χ3v) is 4.18. The summed E-state index contributed by atoms with van der Waals surface area (Å²) in [6.07, 6.45) is 1.56. The van der Waals surface area contributed by atoms with Crippen molar-refractivity contribution in [3.05, 3.63) is 53.1 Å². The third kappa shape index (κ3) is 3.59. The maximum absolute atomic E-state index is 13.0. The standard InChI is InChI=1S/C17H20FN3O2/c1-2-14-9-15(21-20-14)17(22)19-10-12-7-8-23-16(12)11-3-5-13(18)6-4-11/h3-6,9,12,16H,2,7-8,10H2,1H3,(H,19,22)(H,20,21)/t12-,16-/m0/s1. The van der Waals surface area contributed by atoms with Crippen LogP contribution in [0.1, 0.15) is 41.2 Å². The van der Waals surface area contributed by atoms with E-state index >= 15 is 0 Å². The highest BCUT2D eigenvalue weighted by Gasteiger charge is 2.30. The summed E-state index contributed by atoms with van der Waals surface area (Å²) >= 11 is 0. The summed E-state index contributed by atoms with van der Waals surface area (Å²) in [4.78, 5) is 12.1. The van der Waals surface area contributed by atoms with Crippen molar-refractivity contribution >= 4 is 5.91 Å². The summed E-state index contributed by atoms with van der Waals surface area (Å²) in [5.41, 5.74) is 2.28. The van der Waals surface area contributed by atoms with Gasteiger partial charge in [-0.05, 0) is 36.6 Å². The van der Waals surface area contributed by atoms with Gasteiger partial charge in [-0.1, -0.05) is 19.1 Å². The predicted octanol–water partition coefficient (Wildman–Crippen LogP) is 2.62. The minimum absolute atomic E-state index is 0.110. The molecule has 0 unspecified atom stereocenters. The fraction of sp³-hybridized carbons (Fsp3) is 0.412. The van der Waals surface area contributed by atoms with E-state index < -0.39 is 0 Å². The van der Waals surface area contributed by atoms with Gasteiger partial charge in [0.2, 0.25) is 0 Å². The molecule has 1 aliphatic heterocycles. The van der Waals surface area contributed by atoms with Crippen molar-refractivity contribution in [2.45, 2.75) is 25.9 Å². The van der Waals surface area contributed by atoms with Crippen molar-refractivity contribution in [2.24, 2.45) is 5.92 Å². The van der Waals surface area contributed by atoms with E-state index in [9.17, 15) is 9.18 Å². The Balaban J connectivity index is 1.60. The number of nitrogens with one attached hydrogen (secondary N) is 2. The van der Waals surface area contributed by atoms with Crippen LogP contribution in [0.25, 0.3) is 0 Å². The van der Waals surface area contributed by atoms with Crippen LogP contribution < -0.4 is 5.32 Å². The molecule has 1 aromatic heterocycles. The van der Waals surface area contributed by atoms with E-state index in [-0.39, 0.29) is 23.7 Å². The first-order valence-electron chi connectivity index (χ1n) is 7.87. The van der Waals surface area contributed by atoms with Crippen LogP contribution in [0.4, 0.5) is 4.39 Å². The van der Waals surface area contributed by atoms with Crippen LogP contribution >= 0.6 is 0 Å². The van der Waals surface area contributed by atoms with E-state index in [1.807, 2.05) is 6.92 Å². The number of H-pyrrole nitrogens is 1. The molecule has 2 aromatic rings. The van der Waals surface area contributed by atoms with E-state index in [4.69, 9.17) is 4.74 Å². The quantitative estimate of drug-likeness (QED) is 0.891. The van der Waals surface area contributed by atoms with E-state index in [1.54, 1.807) is 18.2 Å². The van der Waals surface area contributed by atoms with Gasteiger partial charge in [0.25, 0.3) is 5.91 Å². The molecule has 1 fully saturated rings. The minimum atomic E-state index is -0.262. The third-order valence-electron chi connectivity index (χ3n) is 4.18. The molecule has 0 aliphatic carbocycles. The van der Waals surface area contributed by atoms with Gasteiger partial charge >= 0.3 is 0 Å². The van der Waals surface area contributed by atoms with Crippen molar-refractivity contribution in [2.75, 3.05) is 13.2 Å². The first kappa shape index (κ1) is 15.7. The number of rotatable bonds is 5. The van der Waals surface area contributed by atoms with Gasteiger partial charge in [0.05, 0.1) is 6.10 Å². The topological polar surface area (TPSA) is 67.0 Å². The highest BCUT2D eigenvalue weighted by atomic mass is 19.1. The van der Waals surface area contributed by atoms with Crippen molar-refractivity contribution in [1.82, 2.24) is 15.5 Å². The average molecular weight is 317 g/mol. The van der Waals surface area contributed by atoms with Gasteiger partial charge in [-0.15, -0.1) is 0 Å². The number of amides is 1. The fourth-order valence-corrected chi connectivity index (χ4v) is 2.84. The lowest BCUT2D eigenvalue weighted by molar-refractivity contribution is 0.0843. The summed E-state index contributed by atoms with van der Waals surface area (Å²) in [6.45, 7) is 3.15. The molecule has 0 saturated carbocycles. The second-order valence-electron chi connectivity index (χ2n) is 5.73. The van der Waals surface area contributed by atoms with Crippen molar-refractivity contribution in [1.29, 1.82) is 0 Å². The number of carbonyl (C=O) groups excluding carboxylic acids is 1. The number of nitrogens with zero attached hydrogens (tertiary/aromatic N) is 1. The zero-order valence-electron chi connectivity index (χ0n) is 13.0. The molecule has 122 valence electrons. The monoisotopic (exact) mass is 317 g/mol. The Hall–Kier alpha value is -2.21. The lowest BCUT2D eigenvalue weighted by Gasteiger charge is -2.19. The Labute approximate surface area is 134 Å². The normalized spacial score (nSPS) is 20.6. The Morgan fingerprint density at radius 2 is 2.22 bits per heavy atom. The van der Waals surface area contributed by atoms with Crippen LogP contribution in [0, 0.1) is 11.7 Å². The molecule has 23 heavy (non-hydrogen) atoms. The zero-order chi connectivity index (χ0) is 16.2. The number of aryl methyl sites for hydroxylation is 1. The number of hydrogen-bond acceptors (Lipinski definition) is 3. The molecular formula is C17H20FN3O2. The van der Waals surface area contributed by atoms with Gasteiger partial charge < -0.3 is 10.1 Å². The van der Waals surface area contributed by atoms with Crippen LogP contribution in [0.3, 0.4) is 0 Å². The van der Waals surface area contributed by atoms with Crippen molar-refractivity contribution < 1.29 is 13.9 Å². The number of aromatic nitrogens is 2. The molecule has 6 heteroatoms. The van der Waals surface area contributed by atoms with Crippen LogP contribution in [-0.2, 0) is 11.2 Å². The zero-order valence-corrected chi connectivity index (χ0v) is 13.0. The number of ether oxygens (including phenoxy) is 1. The summed E-state index contributed by atoms with van der Waals surface area (Å²) in [6, 6.07) is 8.10. The molecule has 2 N–H and O–H groups in total. The first-order chi connectivity index (χ1) is 11.2. The van der Waals surface area contributed by atoms with Gasteiger partial charge in [0, 0.05) is 24.8 Å². The Kier molecular flexibility index (Phi) is 4.71. The smallest absolute Gasteiger partial charge is 0.271 e. The van der Waals surface area contributed by atoms with E-state index in [0.717, 1.165) is 24.1 Å². The summed E-state index contributed by atoms with van der Waals surface area (Å²) in [7, 11) is 0. The molecule has 2 atom stereocenters. The lowest BCUT2D eigenvalue weighted by Crippen LogP contribution is -2.30. The van der Waals surface area contributed by atoms with Gasteiger partial charge in [-0.25, -0.2) is 4.39 Å². The molecule has 0 spiro atoms. The molecule has 1 amide bonds. The Morgan fingerprint density at radius 1 is 1.43 bits per heavy atom. The van der Waals surface area contributed by atoms with Gasteiger partial charge in [-0.3, -0.25) is 9.89 Å². The molecule has 2 heterocycles. The maximum atomic E-state index is 13.0. The fourth-order valence-electron chi connectivity index (χ4n) is 2.84. The number of aromatic amines is 1. The second kappa shape index (κ2) is 6.91. The molecule has 5 nitrogen and oxygen atoms in total. The van der Waals surface area contributed by atoms with Gasteiger partial charge in [0.15, 0.2) is 0 Å². The molecule has 3 rings (SSSR count). The molecular weight excluding hydrogens is 297 g/mol. The first-order valence-corrected chi connectivity index (χ1v) is 7.87. The van der Waals surface area contributed by atoms with E-state index in [2.05, 4.69) is 15.5 Å². The maximum Gasteiger partial charge on any atom is 0.271 e.